The van der Waals surface area contributed by atoms with Gasteiger partial charge >= 0.3 is 0 Å². The van der Waals surface area contributed by atoms with Crippen molar-refractivity contribution in [2.75, 3.05) is 19.0 Å². The van der Waals surface area contributed by atoms with Crippen LogP contribution in [0.1, 0.15) is 17.4 Å². The lowest BCUT2D eigenvalue weighted by atomic mass is 10.1. The van der Waals surface area contributed by atoms with Crippen molar-refractivity contribution < 1.29 is 4.74 Å². The third-order valence-electron chi connectivity index (χ3n) is 3.57. The molecule has 0 saturated carbocycles. The number of thiophene rings is 1. The predicted octanol–water partition coefficient (Wildman–Crippen LogP) is 3.92. The number of hydrogen-bond acceptors (Lipinski definition) is 5. The first-order valence-electron chi connectivity index (χ1n) is 7.40. The average Bonchev–Trinajstić information content (AvgIpc) is 2.99. The molecule has 0 saturated heterocycles. The van der Waals surface area contributed by atoms with Gasteiger partial charge in [0, 0.05) is 11.4 Å². The molecule has 0 spiro atoms. The topological polar surface area (TPSA) is 47.0 Å². The Labute approximate surface area is 134 Å². The molecule has 0 fully saturated rings. The van der Waals surface area contributed by atoms with Gasteiger partial charge < -0.3 is 10.1 Å². The van der Waals surface area contributed by atoms with Crippen LogP contribution in [-0.2, 0) is 12.8 Å². The van der Waals surface area contributed by atoms with Gasteiger partial charge in [0.05, 0.1) is 12.5 Å². The molecule has 2 heterocycles. The zero-order valence-corrected chi connectivity index (χ0v) is 13.6. The summed E-state index contributed by atoms with van der Waals surface area (Å²) in [5, 5.41) is 4.55. The summed E-state index contributed by atoms with van der Waals surface area (Å²) < 4.78 is 5.25. The highest BCUT2D eigenvalue weighted by atomic mass is 32.1. The van der Waals surface area contributed by atoms with E-state index < -0.39 is 0 Å². The molecule has 2 aromatic heterocycles. The number of nitrogens with one attached hydrogen (secondary N) is 1. The van der Waals surface area contributed by atoms with E-state index in [9.17, 15) is 0 Å². The Morgan fingerprint density at radius 2 is 2.14 bits per heavy atom. The smallest absolute Gasteiger partial charge is 0.138 e. The lowest BCUT2D eigenvalue weighted by Gasteiger charge is -2.07. The Kier molecular flexibility index (Phi) is 4.53. The number of aryl methyl sites for hydroxylation is 1. The Balaban J connectivity index is 1.69. The highest BCUT2D eigenvalue weighted by molar-refractivity contribution is 7.18. The van der Waals surface area contributed by atoms with Gasteiger partial charge in [-0.2, -0.15) is 0 Å². The molecule has 1 aromatic carbocycles. The molecule has 0 unspecified atom stereocenters. The van der Waals surface area contributed by atoms with E-state index in [0.717, 1.165) is 41.2 Å². The van der Waals surface area contributed by atoms with Crippen LogP contribution in [-0.4, -0.2) is 23.6 Å². The van der Waals surface area contributed by atoms with Gasteiger partial charge in [0.2, 0.25) is 0 Å². The van der Waals surface area contributed by atoms with Gasteiger partial charge in [0.15, 0.2) is 0 Å². The third kappa shape index (κ3) is 3.20. The maximum atomic E-state index is 5.25. The first-order valence-corrected chi connectivity index (χ1v) is 8.22. The number of ether oxygens (including phenoxy) is 1. The minimum Gasteiger partial charge on any atom is -0.497 e. The summed E-state index contributed by atoms with van der Waals surface area (Å²) >= 11 is 1.74. The zero-order valence-electron chi connectivity index (χ0n) is 12.8. The van der Waals surface area contributed by atoms with Crippen LogP contribution in [0.15, 0.2) is 36.7 Å². The summed E-state index contributed by atoms with van der Waals surface area (Å²) in [5.41, 5.74) is 1.25. The summed E-state index contributed by atoms with van der Waals surface area (Å²) in [7, 11) is 1.69. The summed E-state index contributed by atoms with van der Waals surface area (Å²) in [6, 6.07) is 10.3. The molecule has 0 bridgehead atoms. The molecule has 4 nitrogen and oxygen atoms in total. The maximum absolute atomic E-state index is 5.25. The number of hydrogen-bond donors (Lipinski definition) is 1. The molecule has 0 aliphatic heterocycles. The van der Waals surface area contributed by atoms with Crippen LogP contribution in [0.3, 0.4) is 0 Å². The normalized spacial score (nSPS) is 10.8. The molecule has 0 atom stereocenters. The van der Waals surface area contributed by atoms with Crippen molar-refractivity contribution in [3.05, 3.63) is 47.1 Å². The average molecular weight is 313 g/mol. The number of anilines is 1. The quantitative estimate of drug-likeness (QED) is 0.749. The summed E-state index contributed by atoms with van der Waals surface area (Å²) in [6.07, 6.45) is 3.59. The highest BCUT2D eigenvalue weighted by Crippen LogP contribution is 2.28. The molecule has 0 aliphatic rings. The summed E-state index contributed by atoms with van der Waals surface area (Å²) in [4.78, 5) is 11.1. The first kappa shape index (κ1) is 14.8. The van der Waals surface area contributed by atoms with E-state index in [1.165, 1.54) is 10.4 Å². The number of aromatic nitrogens is 2. The second-order valence-electron chi connectivity index (χ2n) is 5.04. The number of benzene rings is 1. The van der Waals surface area contributed by atoms with Gasteiger partial charge in [0.1, 0.15) is 22.7 Å². The van der Waals surface area contributed by atoms with E-state index in [-0.39, 0.29) is 0 Å². The van der Waals surface area contributed by atoms with Crippen LogP contribution in [0.5, 0.6) is 5.75 Å². The molecular formula is C17H19N3OS. The molecule has 5 heteroatoms. The first-order chi connectivity index (χ1) is 10.8. The van der Waals surface area contributed by atoms with Gasteiger partial charge in [-0.1, -0.05) is 19.1 Å². The fourth-order valence-corrected chi connectivity index (χ4v) is 3.31. The molecule has 0 aliphatic carbocycles. The van der Waals surface area contributed by atoms with Crippen LogP contribution in [0.4, 0.5) is 5.82 Å². The van der Waals surface area contributed by atoms with Gasteiger partial charge in [0.25, 0.3) is 0 Å². The van der Waals surface area contributed by atoms with E-state index in [1.54, 1.807) is 24.8 Å². The third-order valence-corrected chi connectivity index (χ3v) is 4.76. The number of nitrogens with zero attached hydrogens (tertiary/aromatic N) is 2. The Morgan fingerprint density at radius 3 is 2.95 bits per heavy atom. The van der Waals surface area contributed by atoms with Crippen LogP contribution < -0.4 is 10.1 Å². The van der Waals surface area contributed by atoms with Crippen LogP contribution >= 0.6 is 11.3 Å². The lowest BCUT2D eigenvalue weighted by molar-refractivity contribution is 0.414. The molecule has 1 N–H and O–H groups in total. The van der Waals surface area contributed by atoms with Gasteiger partial charge in [-0.3, -0.25) is 0 Å². The molecule has 114 valence electrons. The minimum absolute atomic E-state index is 0.830. The standard InChI is InChI=1S/C17H19N3OS/c1-3-14-10-15-16(19-11-20-17(15)22-14)18-8-7-12-5-4-6-13(9-12)21-2/h4-6,9-11H,3,7-8H2,1-2H3,(H,18,19,20). The number of fused-ring (bicyclic) bond motifs is 1. The highest BCUT2D eigenvalue weighted by Gasteiger charge is 2.07. The summed E-state index contributed by atoms with van der Waals surface area (Å²) in [6.45, 7) is 2.99. The van der Waals surface area contributed by atoms with E-state index in [1.807, 2.05) is 12.1 Å². The lowest BCUT2D eigenvalue weighted by Crippen LogP contribution is -2.06. The second kappa shape index (κ2) is 6.75. The molecular weight excluding hydrogens is 294 g/mol. The molecule has 0 amide bonds. The van der Waals surface area contributed by atoms with E-state index in [2.05, 4.69) is 40.4 Å². The Morgan fingerprint density at radius 1 is 1.23 bits per heavy atom. The number of rotatable bonds is 6. The predicted molar refractivity (Wildman–Crippen MR) is 92.0 cm³/mol. The van der Waals surface area contributed by atoms with Crippen LogP contribution in [0.2, 0.25) is 0 Å². The Hall–Kier alpha value is -2.14. The van der Waals surface area contributed by atoms with Crippen LogP contribution in [0.25, 0.3) is 10.2 Å². The summed E-state index contributed by atoms with van der Waals surface area (Å²) in [5.74, 6) is 1.82. The molecule has 22 heavy (non-hydrogen) atoms. The number of methoxy groups -OCH3 is 1. The fraction of sp³-hybridized carbons (Fsp3) is 0.294. The van der Waals surface area contributed by atoms with Crippen molar-refractivity contribution >= 4 is 27.4 Å². The monoisotopic (exact) mass is 313 g/mol. The van der Waals surface area contributed by atoms with Gasteiger partial charge in [-0.15, -0.1) is 11.3 Å². The van der Waals surface area contributed by atoms with Crippen molar-refractivity contribution in [2.24, 2.45) is 0 Å². The Bertz CT molecular complexity index is 769. The van der Waals surface area contributed by atoms with Crippen molar-refractivity contribution in [1.82, 2.24) is 9.97 Å². The maximum Gasteiger partial charge on any atom is 0.138 e. The largest absolute Gasteiger partial charge is 0.497 e. The van der Waals surface area contributed by atoms with Gasteiger partial charge in [-0.25, -0.2) is 9.97 Å². The molecule has 3 rings (SSSR count). The second-order valence-corrected chi connectivity index (χ2v) is 6.15. The SMILES string of the molecule is CCc1cc2c(NCCc3cccc(OC)c3)ncnc2s1. The van der Waals surface area contributed by atoms with E-state index in [4.69, 9.17) is 4.74 Å². The molecule has 0 radical (unpaired) electrons. The zero-order chi connectivity index (χ0) is 15.4. The van der Waals surface area contributed by atoms with Crippen molar-refractivity contribution in [3.8, 4) is 5.75 Å². The van der Waals surface area contributed by atoms with E-state index >= 15 is 0 Å². The van der Waals surface area contributed by atoms with Crippen molar-refractivity contribution in [3.63, 3.8) is 0 Å². The van der Waals surface area contributed by atoms with Crippen molar-refractivity contribution in [1.29, 1.82) is 0 Å². The van der Waals surface area contributed by atoms with Crippen molar-refractivity contribution in [2.45, 2.75) is 19.8 Å². The van der Waals surface area contributed by atoms with E-state index in [0.29, 0.717) is 0 Å². The van der Waals surface area contributed by atoms with Gasteiger partial charge in [-0.05, 0) is 36.6 Å². The van der Waals surface area contributed by atoms with Crippen LogP contribution in [0, 0.1) is 0 Å². The minimum atomic E-state index is 0.830. The molecule has 3 aromatic rings. The fourth-order valence-electron chi connectivity index (χ4n) is 2.37.